The summed E-state index contributed by atoms with van der Waals surface area (Å²) < 4.78 is 9.11. The Bertz CT molecular complexity index is 481. The van der Waals surface area contributed by atoms with Gasteiger partial charge in [0.25, 0.3) is 0 Å². The molecule has 1 aromatic rings. The van der Waals surface area contributed by atoms with E-state index in [1.54, 1.807) is 0 Å². The summed E-state index contributed by atoms with van der Waals surface area (Å²) in [6.07, 6.45) is 1.83. The molecule has 3 nitrogen and oxygen atoms in total. The Labute approximate surface area is 119 Å². The highest BCUT2D eigenvalue weighted by atomic mass is 32.2. The highest BCUT2D eigenvalue weighted by Gasteiger charge is 2.14. The van der Waals surface area contributed by atoms with E-state index in [0.29, 0.717) is 11.5 Å². The van der Waals surface area contributed by atoms with Crippen LogP contribution in [0.25, 0.3) is 0 Å². The Morgan fingerprint density at radius 2 is 2.16 bits per heavy atom. The number of carbonyl (C=O) groups excluding carboxylic acids is 1. The van der Waals surface area contributed by atoms with Crippen LogP contribution >= 0.6 is 11.9 Å². The number of hydrogen-bond acceptors (Lipinski definition) is 4. The molecule has 1 aromatic carbocycles. The van der Waals surface area contributed by atoms with E-state index >= 15 is 0 Å². The van der Waals surface area contributed by atoms with E-state index in [4.69, 9.17) is 4.74 Å². The van der Waals surface area contributed by atoms with Crippen molar-refractivity contribution in [1.82, 2.24) is 0 Å². The fourth-order valence-electron chi connectivity index (χ4n) is 1.86. The molecule has 0 atom stereocenters. The molecule has 0 saturated heterocycles. The van der Waals surface area contributed by atoms with Gasteiger partial charge in [0.2, 0.25) is 0 Å². The third kappa shape index (κ3) is 4.10. The standard InChI is InChI=1S/C15H21NO2S/c1-6-19-16-9-12-8-14(15(17)18-5)11(4)7-13(12)10(2)3/h7-10H,6H2,1-5H3. The fraction of sp³-hybridized carbons (Fsp3) is 0.467. The van der Waals surface area contributed by atoms with Crippen LogP contribution in [0.2, 0.25) is 0 Å². The average Bonchev–Trinajstić information content (AvgIpc) is 2.39. The van der Waals surface area contributed by atoms with Gasteiger partial charge >= 0.3 is 5.97 Å². The first-order valence-electron chi connectivity index (χ1n) is 6.39. The van der Waals surface area contributed by atoms with Crippen LogP contribution in [-0.2, 0) is 4.74 Å². The summed E-state index contributed by atoms with van der Waals surface area (Å²) in [6, 6.07) is 3.92. The van der Waals surface area contributed by atoms with Crippen LogP contribution in [-0.4, -0.2) is 25.0 Å². The summed E-state index contributed by atoms with van der Waals surface area (Å²) >= 11 is 1.50. The van der Waals surface area contributed by atoms with E-state index in [1.807, 2.05) is 19.2 Å². The lowest BCUT2D eigenvalue weighted by Gasteiger charge is -2.13. The topological polar surface area (TPSA) is 38.7 Å². The number of benzene rings is 1. The molecule has 0 spiro atoms. The summed E-state index contributed by atoms with van der Waals surface area (Å²) in [4.78, 5) is 11.7. The van der Waals surface area contributed by atoms with Crippen LogP contribution in [0.4, 0.5) is 0 Å². The summed E-state index contributed by atoms with van der Waals surface area (Å²) in [5.41, 5.74) is 3.73. The van der Waals surface area contributed by atoms with Gasteiger partial charge in [0.15, 0.2) is 0 Å². The molecule has 1 rings (SSSR count). The first-order valence-corrected chi connectivity index (χ1v) is 7.33. The molecule has 0 radical (unpaired) electrons. The maximum Gasteiger partial charge on any atom is 0.338 e. The van der Waals surface area contributed by atoms with Crippen LogP contribution < -0.4 is 0 Å². The molecule has 19 heavy (non-hydrogen) atoms. The Morgan fingerprint density at radius 1 is 1.47 bits per heavy atom. The largest absolute Gasteiger partial charge is 0.465 e. The maximum atomic E-state index is 11.7. The summed E-state index contributed by atoms with van der Waals surface area (Å²) in [7, 11) is 1.40. The van der Waals surface area contributed by atoms with Crippen LogP contribution in [0, 0.1) is 6.92 Å². The van der Waals surface area contributed by atoms with Crippen LogP contribution in [0.5, 0.6) is 0 Å². The molecule has 0 saturated carbocycles. The molecule has 0 aliphatic heterocycles. The Hall–Kier alpha value is -1.29. The molecule has 0 amide bonds. The Morgan fingerprint density at radius 3 is 2.68 bits per heavy atom. The van der Waals surface area contributed by atoms with Gasteiger partial charge in [0.1, 0.15) is 0 Å². The molecule has 0 aliphatic rings. The van der Waals surface area contributed by atoms with Crippen molar-refractivity contribution in [2.45, 2.75) is 33.6 Å². The third-order valence-electron chi connectivity index (χ3n) is 2.85. The number of rotatable bonds is 5. The zero-order valence-corrected chi connectivity index (χ0v) is 13.0. The van der Waals surface area contributed by atoms with E-state index in [0.717, 1.165) is 16.9 Å². The van der Waals surface area contributed by atoms with Crippen LogP contribution in [0.1, 0.15) is 53.7 Å². The second kappa shape index (κ2) is 7.34. The maximum absolute atomic E-state index is 11.7. The molecule has 0 heterocycles. The number of hydrogen-bond donors (Lipinski definition) is 0. The van der Waals surface area contributed by atoms with Crippen molar-refractivity contribution in [3.8, 4) is 0 Å². The molecule has 0 aromatic heterocycles. The van der Waals surface area contributed by atoms with Gasteiger partial charge in [-0.2, -0.15) is 0 Å². The van der Waals surface area contributed by atoms with E-state index < -0.39 is 0 Å². The quantitative estimate of drug-likeness (QED) is 0.464. The Balaban J connectivity index is 3.27. The number of aryl methyl sites for hydroxylation is 1. The molecule has 0 bridgehead atoms. The molecule has 0 unspecified atom stereocenters. The van der Waals surface area contributed by atoms with Crippen molar-refractivity contribution in [2.24, 2.45) is 4.40 Å². The first kappa shape index (κ1) is 15.8. The third-order valence-corrected chi connectivity index (χ3v) is 3.37. The van der Waals surface area contributed by atoms with E-state index in [2.05, 4.69) is 31.2 Å². The highest BCUT2D eigenvalue weighted by Crippen LogP contribution is 2.23. The van der Waals surface area contributed by atoms with E-state index in [9.17, 15) is 4.79 Å². The monoisotopic (exact) mass is 279 g/mol. The summed E-state index contributed by atoms with van der Waals surface area (Å²) in [5, 5.41) is 0. The first-order chi connectivity index (χ1) is 9.01. The molecule has 4 heteroatoms. The van der Waals surface area contributed by atoms with Crippen molar-refractivity contribution in [1.29, 1.82) is 0 Å². The molecule has 0 aliphatic carbocycles. The minimum Gasteiger partial charge on any atom is -0.465 e. The van der Waals surface area contributed by atoms with Gasteiger partial charge in [0, 0.05) is 12.0 Å². The number of ether oxygens (including phenoxy) is 1. The SMILES string of the molecule is CCSN=Cc1cc(C(=O)OC)c(C)cc1C(C)C. The molecule has 0 N–H and O–H groups in total. The predicted molar refractivity (Wildman–Crippen MR) is 82.3 cm³/mol. The van der Waals surface area contributed by atoms with Gasteiger partial charge in [0.05, 0.1) is 12.7 Å². The average molecular weight is 279 g/mol. The summed E-state index contributed by atoms with van der Waals surface area (Å²) in [5.74, 6) is 1.02. The molecule has 104 valence electrons. The summed E-state index contributed by atoms with van der Waals surface area (Å²) in [6.45, 7) is 8.26. The number of esters is 1. The van der Waals surface area contributed by atoms with Crippen LogP contribution in [0.15, 0.2) is 16.5 Å². The Kier molecular flexibility index (Phi) is 6.09. The van der Waals surface area contributed by atoms with Gasteiger partial charge in [-0.1, -0.05) is 26.8 Å². The van der Waals surface area contributed by atoms with E-state index in [1.165, 1.54) is 24.6 Å². The van der Waals surface area contributed by atoms with E-state index in [-0.39, 0.29) is 5.97 Å². The number of carbonyl (C=O) groups is 1. The van der Waals surface area contributed by atoms with Crippen molar-refractivity contribution in [3.63, 3.8) is 0 Å². The van der Waals surface area contributed by atoms with Gasteiger partial charge in [-0.15, -0.1) is 0 Å². The lowest BCUT2D eigenvalue weighted by molar-refractivity contribution is 0.0600. The smallest absolute Gasteiger partial charge is 0.338 e. The molecular weight excluding hydrogens is 258 g/mol. The highest BCUT2D eigenvalue weighted by molar-refractivity contribution is 7.98. The van der Waals surface area contributed by atoms with Gasteiger partial charge < -0.3 is 4.74 Å². The van der Waals surface area contributed by atoms with Crippen molar-refractivity contribution < 1.29 is 9.53 Å². The minimum absolute atomic E-state index is 0.300. The lowest BCUT2D eigenvalue weighted by Crippen LogP contribution is -2.07. The van der Waals surface area contributed by atoms with Gasteiger partial charge in [-0.25, -0.2) is 9.19 Å². The minimum atomic E-state index is -0.300. The van der Waals surface area contributed by atoms with Gasteiger partial charge in [-0.3, -0.25) is 0 Å². The van der Waals surface area contributed by atoms with Gasteiger partial charge in [-0.05, 0) is 47.5 Å². The second-order valence-corrected chi connectivity index (χ2v) is 5.64. The normalized spacial score (nSPS) is 11.3. The molecular formula is C15H21NO2S. The lowest BCUT2D eigenvalue weighted by atomic mass is 9.93. The second-order valence-electron chi connectivity index (χ2n) is 4.59. The number of nitrogens with zero attached hydrogens (tertiary/aromatic N) is 1. The van der Waals surface area contributed by atoms with Crippen molar-refractivity contribution in [3.05, 3.63) is 34.4 Å². The van der Waals surface area contributed by atoms with Crippen molar-refractivity contribution in [2.75, 3.05) is 12.9 Å². The van der Waals surface area contributed by atoms with Crippen LogP contribution in [0.3, 0.4) is 0 Å². The zero-order chi connectivity index (χ0) is 14.4. The fourth-order valence-corrected chi connectivity index (χ4v) is 2.19. The molecule has 0 fully saturated rings. The predicted octanol–water partition coefficient (Wildman–Crippen LogP) is 3.99. The van der Waals surface area contributed by atoms with Crippen molar-refractivity contribution >= 4 is 24.1 Å². The zero-order valence-electron chi connectivity index (χ0n) is 12.2. The number of methoxy groups -OCH3 is 1.